The molecule has 1 saturated heterocycles. The first kappa shape index (κ1) is 34.3. The summed E-state index contributed by atoms with van der Waals surface area (Å²) in [6.45, 7) is 9.93. The van der Waals surface area contributed by atoms with Gasteiger partial charge in [0.1, 0.15) is 29.5 Å². The van der Waals surface area contributed by atoms with E-state index >= 15 is 4.39 Å². The fourth-order valence-electron chi connectivity index (χ4n) is 5.75. The van der Waals surface area contributed by atoms with Gasteiger partial charge in [-0.25, -0.2) is 8.78 Å². The molecule has 4 aromatic rings. The number of allylic oxidation sites excluding steroid dienone is 1. The van der Waals surface area contributed by atoms with E-state index in [1.807, 2.05) is 0 Å². The lowest BCUT2D eigenvalue weighted by Gasteiger charge is -2.26. The third-order valence-corrected chi connectivity index (χ3v) is 8.34. The highest BCUT2D eigenvalue weighted by atomic mass is 19.1. The summed E-state index contributed by atoms with van der Waals surface area (Å²) in [5.74, 6) is -0.789. The smallest absolute Gasteiger partial charge is 0.271 e. The SMILES string of the molecule is C=Nc1cc(OCCN2CCOCC2)c(OC)cc1/C(=C\C)Oc1ccc(NC(=O)c2c3c(cn(-c4ccc(F)cc4)c2=O)CCO3)cc1F. The number of aliphatic imine (C=N–C) groups is 1. The van der Waals surface area contributed by atoms with Crippen LogP contribution in [0.25, 0.3) is 11.4 Å². The molecule has 50 heavy (non-hydrogen) atoms. The Balaban J connectivity index is 1.19. The van der Waals surface area contributed by atoms with Gasteiger partial charge in [0.15, 0.2) is 23.1 Å². The molecule has 0 bridgehead atoms. The number of halogens is 2. The van der Waals surface area contributed by atoms with Gasteiger partial charge in [0.25, 0.3) is 11.5 Å². The number of pyridine rings is 1. The Bertz CT molecular complexity index is 1990. The van der Waals surface area contributed by atoms with Crippen molar-refractivity contribution < 1.29 is 37.3 Å². The molecule has 1 amide bonds. The number of carbonyl (C=O) groups is 1. The van der Waals surface area contributed by atoms with Crippen molar-refractivity contribution in [1.82, 2.24) is 9.47 Å². The fraction of sp³-hybridized carbons (Fsp3) is 0.270. The minimum atomic E-state index is -0.784. The van der Waals surface area contributed by atoms with Crippen LogP contribution < -0.4 is 29.8 Å². The highest BCUT2D eigenvalue weighted by Gasteiger charge is 2.27. The Hall–Kier alpha value is -5.53. The number of fused-ring (bicyclic) bond motifs is 1. The van der Waals surface area contributed by atoms with E-state index in [-0.39, 0.29) is 35.1 Å². The van der Waals surface area contributed by atoms with Crippen LogP contribution in [0, 0.1) is 11.6 Å². The summed E-state index contributed by atoms with van der Waals surface area (Å²) in [5, 5.41) is 2.60. The maximum atomic E-state index is 15.5. The zero-order valence-corrected chi connectivity index (χ0v) is 27.7. The van der Waals surface area contributed by atoms with E-state index in [2.05, 4.69) is 21.9 Å². The van der Waals surface area contributed by atoms with Crippen molar-refractivity contribution in [2.75, 3.05) is 58.5 Å². The van der Waals surface area contributed by atoms with Crippen molar-refractivity contribution in [1.29, 1.82) is 0 Å². The third kappa shape index (κ3) is 7.38. The van der Waals surface area contributed by atoms with Crippen molar-refractivity contribution in [3.05, 3.63) is 106 Å². The van der Waals surface area contributed by atoms with Crippen molar-refractivity contribution in [2.24, 2.45) is 4.99 Å². The molecular formula is C37H36F2N4O7. The molecule has 1 aromatic heterocycles. The van der Waals surface area contributed by atoms with Gasteiger partial charge in [0.2, 0.25) is 0 Å². The van der Waals surface area contributed by atoms with Gasteiger partial charge in [-0.15, -0.1) is 0 Å². The van der Waals surface area contributed by atoms with E-state index < -0.39 is 23.1 Å². The standard InChI is InChI=1S/C37H36F2N4O7/c1-4-30(27-20-32(46-3)33(21-29(27)40-2)48-18-14-42-12-16-47-17-13-42)50-31-10-7-25(19-28(31)39)41-36(44)34-35-23(11-15-49-35)22-43(37(34)45)26-8-5-24(38)6-9-26/h4-10,19-22H,2,11-18H2,1,3H3,(H,41,44)/b30-4+. The largest absolute Gasteiger partial charge is 0.493 e. The Morgan fingerprint density at radius 2 is 1.82 bits per heavy atom. The molecule has 0 saturated carbocycles. The number of morpholine rings is 1. The minimum Gasteiger partial charge on any atom is -0.493 e. The Kier molecular flexibility index (Phi) is 10.5. The van der Waals surface area contributed by atoms with Gasteiger partial charge in [0.05, 0.1) is 32.6 Å². The van der Waals surface area contributed by atoms with Crippen molar-refractivity contribution >= 4 is 29.8 Å². The van der Waals surface area contributed by atoms with Crippen molar-refractivity contribution in [2.45, 2.75) is 13.3 Å². The summed E-state index contributed by atoms with van der Waals surface area (Å²) < 4.78 is 59.0. The summed E-state index contributed by atoms with van der Waals surface area (Å²) in [7, 11) is 1.52. The fourth-order valence-corrected chi connectivity index (χ4v) is 5.75. The quantitative estimate of drug-likeness (QED) is 0.147. The van der Waals surface area contributed by atoms with Gasteiger partial charge in [-0.05, 0) is 62.2 Å². The van der Waals surface area contributed by atoms with Crippen LogP contribution in [0.2, 0.25) is 0 Å². The lowest BCUT2D eigenvalue weighted by molar-refractivity contribution is 0.0321. The second-order valence-corrected chi connectivity index (χ2v) is 11.4. The molecule has 11 nitrogen and oxygen atoms in total. The minimum absolute atomic E-state index is 0.0823. The van der Waals surface area contributed by atoms with Gasteiger partial charge < -0.3 is 29.0 Å². The number of anilines is 1. The average Bonchev–Trinajstić information content (AvgIpc) is 3.60. The van der Waals surface area contributed by atoms with E-state index in [1.165, 1.54) is 48.1 Å². The van der Waals surface area contributed by atoms with Crippen LogP contribution in [-0.4, -0.2) is 75.3 Å². The predicted molar refractivity (Wildman–Crippen MR) is 185 cm³/mol. The number of amides is 1. The molecule has 260 valence electrons. The lowest BCUT2D eigenvalue weighted by Crippen LogP contribution is -2.38. The van der Waals surface area contributed by atoms with Crippen LogP contribution in [0.4, 0.5) is 20.2 Å². The van der Waals surface area contributed by atoms with E-state index in [9.17, 15) is 14.0 Å². The molecule has 1 fully saturated rings. The zero-order chi connectivity index (χ0) is 35.2. The molecule has 2 aliphatic rings. The molecule has 2 aliphatic heterocycles. The summed E-state index contributed by atoms with van der Waals surface area (Å²) >= 11 is 0. The first-order valence-corrected chi connectivity index (χ1v) is 16.0. The van der Waals surface area contributed by atoms with E-state index in [0.29, 0.717) is 60.2 Å². The molecule has 0 aliphatic carbocycles. The zero-order valence-electron chi connectivity index (χ0n) is 27.7. The van der Waals surface area contributed by atoms with Gasteiger partial charge in [-0.2, -0.15) is 0 Å². The normalized spacial score (nSPS) is 14.4. The lowest BCUT2D eigenvalue weighted by atomic mass is 10.1. The number of aromatic nitrogens is 1. The molecule has 0 radical (unpaired) electrons. The molecule has 1 N–H and O–H groups in total. The second-order valence-electron chi connectivity index (χ2n) is 11.4. The molecule has 3 heterocycles. The van der Waals surface area contributed by atoms with Gasteiger partial charge >= 0.3 is 0 Å². The molecule has 0 atom stereocenters. The van der Waals surface area contributed by atoms with Crippen molar-refractivity contribution in [3.8, 4) is 28.7 Å². The number of hydrogen-bond acceptors (Lipinski definition) is 9. The van der Waals surface area contributed by atoms with Gasteiger partial charge in [-0.1, -0.05) is 0 Å². The average molecular weight is 687 g/mol. The molecule has 3 aromatic carbocycles. The number of hydrogen-bond donors (Lipinski definition) is 1. The van der Waals surface area contributed by atoms with E-state index in [0.717, 1.165) is 25.7 Å². The number of carbonyl (C=O) groups excluding carboxylic acids is 1. The molecule has 6 rings (SSSR count). The maximum absolute atomic E-state index is 15.5. The Morgan fingerprint density at radius 1 is 1.04 bits per heavy atom. The summed E-state index contributed by atoms with van der Waals surface area (Å²) in [5.41, 5.74) is 1.13. The predicted octanol–water partition coefficient (Wildman–Crippen LogP) is 5.79. The number of nitrogens with one attached hydrogen (secondary N) is 1. The molecular weight excluding hydrogens is 650 g/mol. The van der Waals surface area contributed by atoms with Gasteiger partial charge in [-0.3, -0.25) is 24.0 Å². The first-order chi connectivity index (χ1) is 24.3. The number of ether oxygens (including phenoxy) is 5. The summed E-state index contributed by atoms with van der Waals surface area (Å²) in [6.07, 6.45) is 3.71. The van der Waals surface area contributed by atoms with Gasteiger partial charge in [0, 0.05) is 66.9 Å². The highest BCUT2D eigenvalue weighted by Crippen LogP contribution is 2.39. The number of methoxy groups -OCH3 is 1. The monoisotopic (exact) mass is 686 g/mol. The Labute approximate surface area is 287 Å². The van der Waals surface area contributed by atoms with Crippen LogP contribution in [0.1, 0.15) is 28.4 Å². The maximum Gasteiger partial charge on any atom is 0.271 e. The molecule has 0 unspecified atom stereocenters. The van der Waals surface area contributed by atoms with Crippen LogP contribution in [-0.2, 0) is 11.2 Å². The summed E-state index contributed by atoms with van der Waals surface area (Å²) in [4.78, 5) is 33.4. The summed E-state index contributed by atoms with van der Waals surface area (Å²) in [6, 6.07) is 12.6. The first-order valence-electron chi connectivity index (χ1n) is 16.0. The van der Waals surface area contributed by atoms with Crippen LogP contribution >= 0.6 is 0 Å². The second kappa shape index (κ2) is 15.3. The van der Waals surface area contributed by atoms with E-state index in [4.69, 9.17) is 23.7 Å². The molecule has 13 heteroatoms. The Morgan fingerprint density at radius 3 is 2.52 bits per heavy atom. The topological polar surface area (TPSA) is 113 Å². The highest BCUT2D eigenvalue weighted by molar-refractivity contribution is 6.06. The van der Waals surface area contributed by atoms with Crippen molar-refractivity contribution in [3.63, 3.8) is 0 Å². The van der Waals surface area contributed by atoms with Crippen LogP contribution in [0.5, 0.6) is 23.0 Å². The third-order valence-electron chi connectivity index (χ3n) is 8.34. The number of rotatable bonds is 12. The molecule has 0 spiro atoms. The number of nitrogens with zero attached hydrogens (tertiary/aromatic N) is 3. The van der Waals surface area contributed by atoms with Crippen LogP contribution in [0.15, 0.2) is 76.7 Å². The number of benzene rings is 3. The van der Waals surface area contributed by atoms with E-state index in [1.54, 1.807) is 31.3 Å². The van der Waals surface area contributed by atoms with Crippen LogP contribution in [0.3, 0.4) is 0 Å².